The first-order valence-electron chi connectivity index (χ1n) is 45.2. The number of nitrogens with zero attached hydrogens (tertiary/aromatic N) is 5. The quantitative estimate of drug-likeness (QED) is 0.0859. The predicted octanol–water partition coefficient (Wildman–Crippen LogP) is 22.1. The van der Waals surface area contributed by atoms with E-state index in [0.717, 1.165) is 106 Å². The van der Waals surface area contributed by atoms with E-state index in [1.165, 1.54) is 11.1 Å². The minimum absolute atomic E-state index is 0.0551. The molecule has 0 amide bonds. The predicted molar refractivity (Wildman–Crippen MR) is 429 cm³/mol. The molecule has 0 saturated heterocycles. The molecule has 0 aliphatic rings. The van der Waals surface area contributed by atoms with Gasteiger partial charge < -0.3 is 0 Å². The Kier molecular flexibility index (Phi) is 20.5. The molecule has 100 heavy (non-hydrogen) atoms. The fourth-order valence-corrected chi connectivity index (χ4v) is 12.4. The van der Waals surface area contributed by atoms with E-state index < -0.39 is 63.7 Å². The van der Waals surface area contributed by atoms with Gasteiger partial charge in [-0.05, 0) is 222 Å². The molecule has 0 saturated carbocycles. The van der Waals surface area contributed by atoms with Crippen LogP contribution < -0.4 is 22.8 Å². The van der Waals surface area contributed by atoms with E-state index in [2.05, 4.69) is 31.2 Å². The monoisotopic (exact) mass is 1360 g/mol. The minimum Gasteiger partial charge on any atom is -0.201 e. The van der Waals surface area contributed by atoms with Crippen LogP contribution in [-0.2, 0) is 60.7 Å². The van der Waals surface area contributed by atoms with Crippen LogP contribution in [0.4, 0.5) is 0 Å². The Morgan fingerprint density at radius 3 is 1.05 bits per heavy atom. The maximum absolute atomic E-state index is 8.66. The van der Waals surface area contributed by atoms with E-state index in [4.69, 9.17) is 27.4 Å². The number of aryl methyl sites for hydroxylation is 15. The molecule has 0 atom stereocenters. The van der Waals surface area contributed by atoms with Gasteiger partial charge in [-0.15, -0.1) is 0 Å². The molecule has 5 aromatic heterocycles. The summed E-state index contributed by atoms with van der Waals surface area (Å²) in [5.41, 5.74) is 23.0. The molecule has 0 N–H and O–H groups in total. The lowest BCUT2D eigenvalue weighted by atomic mass is 9.90. The van der Waals surface area contributed by atoms with Gasteiger partial charge in [0.15, 0.2) is 31.0 Å². The molecule has 0 fully saturated rings. The van der Waals surface area contributed by atoms with Gasteiger partial charge in [-0.25, -0.2) is 22.8 Å². The molecule has 0 aliphatic heterocycles. The van der Waals surface area contributed by atoms with E-state index in [9.17, 15) is 0 Å². The molecule has 5 heteroatoms. The van der Waals surface area contributed by atoms with Gasteiger partial charge in [0.1, 0.15) is 35.2 Å². The van der Waals surface area contributed by atoms with Gasteiger partial charge in [0.05, 0.1) is 0 Å². The third kappa shape index (κ3) is 22.4. The number of pyridine rings is 5. The summed E-state index contributed by atoms with van der Waals surface area (Å²) in [5.74, 6) is -3.01. The topological polar surface area (TPSA) is 19.4 Å². The van der Waals surface area contributed by atoms with Crippen molar-refractivity contribution in [1.29, 1.82) is 0 Å². The first kappa shape index (κ1) is 55.5. The van der Waals surface area contributed by atoms with Crippen LogP contribution in [0.1, 0.15) is 237 Å². The summed E-state index contributed by atoms with van der Waals surface area (Å²) in [5, 5.41) is 0. The summed E-state index contributed by atoms with van der Waals surface area (Å²) in [6.45, 7) is 33.6. The zero-order valence-corrected chi connectivity index (χ0v) is 65.2. The van der Waals surface area contributed by atoms with E-state index >= 15 is 0 Å². The molecule has 0 spiro atoms. The Hall–Kier alpha value is -8.15. The van der Waals surface area contributed by atoms with E-state index in [1.54, 1.807) is 42.6 Å². The van der Waals surface area contributed by atoms with Crippen LogP contribution >= 0.6 is 0 Å². The van der Waals surface area contributed by atoms with Crippen molar-refractivity contribution in [3.63, 3.8) is 0 Å². The Morgan fingerprint density at radius 2 is 0.640 bits per heavy atom. The normalized spacial score (nSPS) is 15.5. The largest absolute Gasteiger partial charge is 0.212 e. The second-order valence-corrected chi connectivity index (χ2v) is 28.8. The summed E-state index contributed by atoms with van der Waals surface area (Å²) in [7, 11) is 9.65. The van der Waals surface area contributed by atoms with Gasteiger partial charge in [-0.1, -0.05) is 186 Å². The Morgan fingerprint density at radius 1 is 0.290 bits per heavy atom. The highest BCUT2D eigenvalue weighted by Crippen LogP contribution is 2.32. The third-order valence-electron chi connectivity index (χ3n) is 17.4. The summed E-state index contributed by atoms with van der Waals surface area (Å²) in [6, 6.07) is 43.6. The Labute approximate surface area is 637 Å². The van der Waals surface area contributed by atoms with Crippen molar-refractivity contribution in [1.82, 2.24) is 0 Å². The van der Waals surface area contributed by atoms with E-state index in [0.29, 0.717) is 33.4 Å². The summed E-state index contributed by atoms with van der Waals surface area (Å²) in [4.78, 5) is 0. The van der Waals surface area contributed by atoms with Crippen LogP contribution in [0.5, 0.6) is 0 Å². The van der Waals surface area contributed by atoms with Gasteiger partial charge in [-0.2, -0.15) is 0 Å². The molecule has 5 aromatic carbocycles. The number of benzene rings is 5. The third-order valence-corrected chi connectivity index (χ3v) is 17.4. The van der Waals surface area contributed by atoms with Gasteiger partial charge in [-0.3, -0.25) is 0 Å². The number of aromatic nitrogens is 5. The van der Waals surface area contributed by atoms with Crippen molar-refractivity contribution in [2.75, 3.05) is 0 Å². The molecular weight excluding hydrogens is 1210 g/mol. The maximum atomic E-state index is 8.66. The SMILES string of the molecule is [2H]C([2H])([2H])c1ccc(-c2cc(C([2H])(C)C)c(C([2H])(C)C)c[n+]2C)c(C)c1.[2H]C([2H])([2H])c1ccc(-c2cc(C)c(C([2H])(C)C)c[n+]2C)c(C)c1.[2H]C([2H])([2H])c1ccc(-c2ccc(C([2H])([2H])C(C)C)c[n+]2C)c(C)c1.[2H]C([2H])(c1c[n+](C)c(-c2ccccc2C)cc1C)C(C)C.[2H]C([2H])(c1cc(-c2ccccc2C)[n+](C)cc1C([2H])([2H])C(C)C)C(C)C. The van der Waals surface area contributed by atoms with Crippen molar-refractivity contribution in [2.24, 2.45) is 58.9 Å². The summed E-state index contributed by atoms with van der Waals surface area (Å²) in [6.07, 6.45) is 3.51. The maximum Gasteiger partial charge on any atom is 0.212 e. The summed E-state index contributed by atoms with van der Waals surface area (Å²) >= 11 is 0. The summed E-state index contributed by atoms with van der Waals surface area (Å²) < 4.78 is 170. The molecule has 0 unspecified atom stereocenters. The fraction of sp³-hybridized carbons (Fsp3) is 0.421. The standard InChI is InChI=1S/C21H30N.C20H28N.3C18H24N/c1-15(2)11-18-13-21(20-10-8-7-9-17(20)5)22(6)14-19(18)12-16(3)4;1-13(2)18-11-20(21(7)12-19(18)14(3)4)17-9-8-15(5)10-16(17)6;1-12(2)17-11-19(6)18(10-15(17)5)16-8-7-13(3)9-14(16)4;1-13(2)10-16-7-9-18(19(5)12-16)17-8-6-14(3)11-15(17)4;1-13(2)10-16-12-19(5)18(11-15(16)4)17-9-7-6-8-14(17)3/h7-10,13-16H,11-12H2,1-6H3;8-14H,1-7H3;7-12H,1-6H3;2*6-9,11-13H,10H2,1-5H3/q5*+1/i11D2,12D2;5D3,13D,14D;3D3,12D;3D3,10D2;10D2. The molecule has 10 rings (SSSR count). The van der Waals surface area contributed by atoms with Crippen molar-refractivity contribution >= 4 is 0 Å². The fourth-order valence-electron chi connectivity index (χ4n) is 12.4. The minimum atomic E-state index is -2.13. The first-order valence-corrected chi connectivity index (χ1v) is 35.2. The average Bonchev–Trinajstić information content (AvgIpc) is 0.793. The average molecular weight is 1360 g/mol. The van der Waals surface area contributed by atoms with Crippen molar-refractivity contribution in [3.05, 3.63) is 265 Å². The van der Waals surface area contributed by atoms with Crippen molar-refractivity contribution in [3.8, 4) is 56.3 Å². The van der Waals surface area contributed by atoms with Crippen LogP contribution in [0.25, 0.3) is 56.3 Å². The van der Waals surface area contributed by atoms with Crippen LogP contribution in [-0.4, -0.2) is 0 Å². The molecule has 10 aromatic rings. The van der Waals surface area contributed by atoms with Crippen LogP contribution in [0.2, 0.25) is 0 Å². The van der Waals surface area contributed by atoms with Crippen LogP contribution in [0, 0.1) is 92.7 Å². The second-order valence-electron chi connectivity index (χ2n) is 28.8. The number of hydrogen-bond acceptors (Lipinski definition) is 0. The number of hydrogen-bond donors (Lipinski definition) is 0. The molecule has 530 valence electrons. The molecular formula is C95H130N5+5. The lowest BCUT2D eigenvalue weighted by Gasteiger charge is -2.16. The zero-order chi connectivity index (χ0) is 91.6. The molecule has 0 bridgehead atoms. The highest BCUT2D eigenvalue weighted by Gasteiger charge is 2.24. The lowest BCUT2D eigenvalue weighted by molar-refractivity contribution is -0.661. The van der Waals surface area contributed by atoms with Crippen molar-refractivity contribution in [2.45, 2.75) is 209 Å². The highest BCUT2D eigenvalue weighted by molar-refractivity contribution is 5.66. The molecule has 0 aliphatic carbocycles. The van der Waals surface area contributed by atoms with Gasteiger partial charge >= 0.3 is 0 Å². The lowest BCUT2D eigenvalue weighted by Crippen LogP contribution is -2.32. The molecule has 5 heterocycles. The van der Waals surface area contributed by atoms with E-state index in [-0.39, 0.29) is 23.7 Å². The van der Waals surface area contributed by atoms with Crippen molar-refractivity contribution < 1.29 is 50.3 Å². The Balaban J connectivity index is 0.000000233. The zero-order valence-electron chi connectivity index (χ0n) is 85.2. The number of rotatable bonds is 16. The van der Waals surface area contributed by atoms with Gasteiger partial charge in [0.25, 0.3) is 0 Å². The first-order chi connectivity index (χ1) is 54.6. The van der Waals surface area contributed by atoms with Crippen LogP contribution in [0.15, 0.2) is 171 Å². The smallest absolute Gasteiger partial charge is 0.201 e. The van der Waals surface area contributed by atoms with Crippen LogP contribution in [0.3, 0.4) is 0 Å². The van der Waals surface area contributed by atoms with E-state index in [1.807, 2.05) is 300 Å². The van der Waals surface area contributed by atoms with Gasteiger partial charge in [0, 0.05) is 113 Å². The Bertz CT molecular complexity index is 5280. The van der Waals surface area contributed by atoms with Gasteiger partial charge in [0.2, 0.25) is 28.5 Å². The molecule has 5 nitrogen and oxygen atoms in total. The highest BCUT2D eigenvalue weighted by atomic mass is 14.9. The molecule has 0 radical (unpaired) electrons. The second kappa shape index (κ2) is 37.0.